The van der Waals surface area contributed by atoms with Crippen LogP contribution < -0.4 is 107 Å². The van der Waals surface area contributed by atoms with Crippen molar-refractivity contribution in [1.82, 2.24) is 44.8 Å². The zero-order valence-corrected chi connectivity index (χ0v) is 76.9. The molecule has 2 aliphatic rings. The Hall–Kier alpha value is -9.62. The van der Waals surface area contributed by atoms with Gasteiger partial charge in [-0.3, -0.25) is 0 Å². The minimum atomic E-state index is -1.91. The molecule has 120 heavy (non-hydrogen) atoms. The maximum absolute atomic E-state index is 7.25. The van der Waals surface area contributed by atoms with Crippen molar-refractivity contribution >= 4 is 130 Å². The van der Waals surface area contributed by atoms with Gasteiger partial charge in [0.1, 0.15) is 102 Å². The Labute approximate surface area is 772 Å². The summed E-state index contributed by atoms with van der Waals surface area (Å²) in [5.41, 5.74) is 50.4. The van der Waals surface area contributed by atoms with Gasteiger partial charge in [0.15, 0.2) is 0 Å². The molecule has 2 aliphatic heterocycles. The third kappa shape index (κ3) is 42.1. The molecule has 0 N–H and O–H groups in total. The van der Waals surface area contributed by atoms with E-state index in [1.54, 1.807) is 0 Å². The van der Waals surface area contributed by atoms with Crippen LogP contribution in [0.4, 0.5) is 22.7 Å². The Balaban J connectivity index is -0.000000316. The van der Waals surface area contributed by atoms with E-state index >= 15 is 0 Å². The molecule has 12 aromatic rings. The Kier molecular flexibility index (Phi) is 78.7. The van der Waals surface area contributed by atoms with Crippen molar-refractivity contribution in [3.05, 3.63) is 379 Å². The number of para-hydroxylation sites is 4. The molecule has 12 aromatic carbocycles. The standard InChI is InChI=1S/2C24H20P.4C8H11NS.2C4H8O.4Fe.8NO/c2*1-5-13-21(14-6-1)25(22-15-7-2-8-16-22,23-17-9-3-10-18-23)24-19-11-4-12-20-24;4*1-9(2)7-5-3-4-6-8(7)10;2*1-2-4-5-3-1;;;;;8*1-2/h2*1-20H;4*3-6,10H,1-2H3;2*1-4H2;;;;;;;;;;;;/q2*+1;;;;;;;;;;;;;;;;;;/p-4. The van der Waals surface area contributed by atoms with E-state index in [4.69, 9.17) is 144 Å². The van der Waals surface area contributed by atoms with Crippen LogP contribution in [0.15, 0.2) is 359 Å². The Morgan fingerprint density at radius 1 is 0.200 bits per heavy atom. The molecule has 32 heteroatoms. The van der Waals surface area contributed by atoms with Crippen LogP contribution in [0, 0.1) is 39.3 Å². The van der Waals surface area contributed by atoms with E-state index in [2.05, 4.69) is 243 Å². The predicted octanol–water partition coefficient (Wildman–Crippen LogP) is 13.3. The molecule has 2 heterocycles. The summed E-state index contributed by atoms with van der Waals surface area (Å²) in [6.07, 6.45) is 5.11. The van der Waals surface area contributed by atoms with Gasteiger partial charge in [0.2, 0.25) is 0 Å². The number of anilines is 4. The summed E-state index contributed by atoms with van der Waals surface area (Å²) < 4.78 is 9.89. The summed E-state index contributed by atoms with van der Waals surface area (Å²) >= 11 is 20.3. The van der Waals surface area contributed by atoms with Gasteiger partial charge in [-0.05, 0) is 147 Å². The molecule has 22 nitrogen and oxygen atoms in total. The van der Waals surface area contributed by atoms with Gasteiger partial charge in [-0.25, -0.2) is 0 Å². The third-order valence-electron chi connectivity index (χ3n) is 16.2. The summed E-state index contributed by atoms with van der Waals surface area (Å²) in [5.74, 6) is 0. The number of rotatable bonds is 12. The minimum Gasteiger partial charge on any atom is -0.778 e. The Morgan fingerprint density at radius 3 is 0.392 bits per heavy atom. The van der Waals surface area contributed by atoms with Crippen LogP contribution in [0.1, 0.15) is 25.7 Å². The van der Waals surface area contributed by atoms with Crippen LogP contribution in [0.2, 0.25) is 0 Å². The van der Waals surface area contributed by atoms with Gasteiger partial charge in [-0.15, -0.1) is 39.3 Å². The number of hydrogen-bond donors (Lipinski definition) is 0. The van der Waals surface area contributed by atoms with Crippen LogP contribution in [0.25, 0.3) is 0 Å². The molecule has 0 spiro atoms. The van der Waals surface area contributed by atoms with Crippen molar-refractivity contribution in [2.75, 3.05) is 102 Å². The third-order valence-corrected chi connectivity index (χ3v) is 26.2. The summed E-state index contributed by atoms with van der Waals surface area (Å²) in [7, 11) is 12.1. The maximum atomic E-state index is 7.25. The molecule has 0 aromatic heterocycles. The first-order chi connectivity index (χ1) is 56.7. The predicted molar refractivity (Wildman–Crippen MR) is 492 cm³/mol. The molecular formula is C88H96Fe4N12O10P2S4-2. The molecule has 636 valence electrons. The first-order valence-electron chi connectivity index (χ1n) is 35.3. The Bertz CT molecular complexity index is 3650. The molecule has 0 unspecified atom stereocenters. The molecule has 8 radical (unpaired) electrons. The SMILES string of the molecule is C1CCOC1.C1CCOC1.CN(C)c1ccccc1[S-].CN(C)c1ccccc1[S-].CN(C)c1ccccc1[S-].CN(C)c1ccccc1[S-].[Fe].[Fe].[Fe].[Fe].[N]=O.[N]=O.[N]=O.[N]=O.[N]=O.[N]=O.[N]=O.[N]=O.c1ccc([P+](c2ccccc2)(c2ccccc2)c2ccccc2)cc1.c1ccc([P+](c2ccccc2)(c2ccccc2)c2ccccc2)cc1. The molecule has 0 atom stereocenters. The topological polar surface area (TPSA) is 346 Å². The van der Waals surface area contributed by atoms with E-state index in [9.17, 15) is 0 Å². The average molecular weight is 1900 g/mol. The molecule has 0 bridgehead atoms. The molecule has 0 saturated carbocycles. The molecule has 2 fully saturated rings. The van der Waals surface area contributed by atoms with Crippen LogP contribution in [-0.2, 0) is 128 Å². The molecular weight excluding hydrogens is 1800 g/mol. The van der Waals surface area contributed by atoms with E-state index in [-0.39, 0.29) is 68.3 Å². The van der Waals surface area contributed by atoms with Crippen molar-refractivity contribution in [2.24, 2.45) is 0 Å². The van der Waals surface area contributed by atoms with Gasteiger partial charge >= 0.3 is 0 Å². The van der Waals surface area contributed by atoms with E-state index in [1.807, 2.05) is 173 Å². The second-order valence-corrected chi connectivity index (χ2v) is 32.7. The van der Waals surface area contributed by atoms with E-state index < -0.39 is 14.5 Å². The fraction of sp³-hybridized carbons (Fsp3) is 0.182. The molecule has 0 aliphatic carbocycles. The van der Waals surface area contributed by atoms with Gasteiger partial charge in [0.25, 0.3) is 0 Å². The zero-order chi connectivity index (χ0) is 87.2. The number of nitrogens with zero attached hydrogens (tertiary/aromatic N) is 12. The number of benzene rings is 12. The van der Waals surface area contributed by atoms with Gasteiger partial charge in [0, 0.05) is 174 Å². The molecule has 2 saturated heterocycles. The van der Waals surface area contributed by atoms with Gasteiger partial charge in [0.05, 0.1) is 0 Å². The summed E-state index contributed by atoms with van der Waals surface area (Å²) in [4.78, 5) is 69.7. The van der Waals surface area contributed by atoms with E-state index in [0.29, 0.717) is 0 Å². The van der Waals surface area contributed by atoms with Crippen molar-refractivity contribution in [2.45, 2.75) is 45.3 Å². The van der Waals surface area contributed by atoms with Crippen molar-refractivity contribution < 1.29 is 77.7 Å². The van der Waals surface area contributed by atoms with Crippen LogP contribution in [-0.4, -0.2) is 82.8 Å². The molecule has 0 amide bonds. The quantitative estimate of drug-likeness (QED) is 0.0623. The fourth-order valence-electron chi connectivity index (χ4n) is 11.3. The van der Waals surface area contributed by atoms with Crippen LogP contribution >= 0.6 is 14.5 Å². The molecule has 14 rings (SSSR count). The zero-order valence-electron chi connectivity index (χ0n) is 67.4. The largest absolute Gasteiger partial charge is 0.778 e. The summed E-state index contributed by atoms with van der Waals surface area (Å²) in [6, 6.07) is 119. The number of hydrogen-bond acceptors (Lipinski definition) is 18. The van der Waals surface area contributed by atoms with E-state index in [1.165, 1.54) is 68.1 Å². The first kappa shape index (κ1) is 121. The van der Waals surface area contributed by atoms with Crippen molar-refractivity contribution in [3.63, 3.8) is 0 Å². The van der Waals surface area contributed by atoms with Gasteiger partial charge in [-0.2, -0.15) is 19.6 Å². The second kappa shape index (κ2) is 78.0. The van der Waals surface area contributed by atoms with Crippen LogP contribution in [0.3, 0.4) is 0 Å². The normalized spacial score (nSPS) is 10.1. The van der Waals surface area contributed by atoms with Gasteiger partial charge < -0.3 is 79.6 Å². The second-order valence-electron chi connectivity index (χ2n) is 24.1. The summed E-state index contributed by atoms with van der Waals surface area (Å²) in [5, 5.41) is 11.1. The summed E-state index contributed by atoms with van der Waals surface area (Å²) in [6.45, 7) is 4.00. The van der Waals surface area contributed by atoms with E-state index in [0.717, 1.165) is 68.8 Å². The fourth-order valence-corrected chi connectivity index (χ4v) is 21.2. The number of nitroso groups, excluding NO2 is 8. The van der Waals surface area contributed by atoms with Crippen molar-refractivity contribution in [1.29, 1.82) is 0 Å². The smallest absolute Gasteiger partial charge is 0.144 e. The average Bonchev–Trinajstić information content (AvgIpc) is 0.807. The first-order valence-corrected chi connectivity index (χ1v) is 40.5. The van der Waals surface area contributed by atoms with Crippen LogP contribution in [0.5, 0.6) is 0 Å². The monoisotopic (exact) mass is 1890 g/mol. The number of ether oxygens (including phenoxy) is 2. The van der Waals surface area contributed by atoms with Crippen molar-refractivity contribution in [3.8, 4) is 0 Å². The Morgan fingerprint density at radius 2 is 0.308 bits per heavy atom. The maximum Gasteiger partial charge on any atom is 0.144 e. The van der Waals surface area contributed by atoms with Gasteiger partial charge in [-0.1, -0.05) is 218 Å². The minimum absolute atomic E-state index is 0.